The lowest BCUT2D eigenvalue weighted by atomic mass is 9.63. The van der Waals surface area contributed by atoms with E-state index in [4.69, 9.17) is 0 Å². The lowest BCUT2D eigenvalue weighted by Gasteiger charge is -2.51. The standard InChI is InChI=1S/C17H34N2/c1-13-9-14(18-6)7-8-19(13)15-10-16(2,3)12-17(4,5)11-15/h13-15,18H,7-12H2,1-6H3. The molecule has 2 heteroatoms. The van der Waals surface area contributed by atoms with E-state index in [-0.39, 0.29) is 0 Å². The number of nitrogens with one attached hydrogen (secondary N) is 1. The zero-order chi connectivity index (χ0) is 14.3. The van der Waals surface area contributed by atoms with Crippen molar-refractivity contribution in [1.29, 1.82) is 0 Å². The fourth-order valence-corrected chi connectivity index (χ4v) is 5.02. The van der Waals surface area contributed by atoms with E-state index in [1.165, 1.54) is 38.6 Å². The minimum absolute atomic E-state index is 0.506. The molecule has 112 valence electrons. The quantitative estimate of drug-likeness (QED) is 0.820. The second-order valence-corrected chi connectivity index (χ2v) is 8.66. The van der Waals surface area contributed by atoms with Gasteiger partial charge in [-0.05, 0) is 56.9 Å². The van der Waals surface area contributed by atoms with Crippen LogP contribution in [-0.2, 0) is 0 Å². The van der Waals surface area contributed by atoms with Gasteiger partial charge in [-0.3, -0.25) is 4.90 Å². The normalized spacial score (nSPS) is 36.3. The van der Waals surface area contributed by atoms with Gasteiger partial charge in [0.05, 0.1) is 0 Å². The monoisotopic (exact) mass is 266 g/mol. The highest BCUT2D eigenvalue weighted by molar-refractivity contribution is 4.96. The average Bonchev–Trinajstić information content (AvgIpc) is 2.24. The second kappa shape index (κ2) is 5.37. The maximum Gasteiger partial charge on any atom is 0.0108 e. The Morgan fingerprint density at radius 3 is 2.11 bits per heavy atom. The van der Waals surface area contributed by atoms with E-state index >= 15 is 0 Å². The predicted molar refractivity (Wildman–Crippen MR) is 83.5 cm³/mol. The van der Waals surface area contributed by atoms with Crippen molar-refractivity contribution in [3.8, 4) is 0 Å². The first-order valence-electron chi connectivity index (χ1n) is 8.15. The fourth-order valence-electron chi connectivity index (χ4n) is 5.02. The van der Waals surface area contributed by atoms with Crippen LogP contribution in [0.4, 0.5) is 0 Å². The topological polar surface area (TPSA) is 15.3 Å². The minimum Gasteiger partial charge on any atom is -0.317 e. The number of hydrogen-bond acceptors (Lipinski definition) is 2. The zero-order valence-corrected chi connectivity index (χ0v) is 13.9. The first-order valence-corrected chi connectivity index (χ1v) is 8.15. The molecule has 2 unspecified atom stereocenters. The number of likely N-dealkylation sites (tertiary alicyclic amines) is 1. The molecule has 0 aromatic heterocycles. The zero-order valence-electron chi connectivity index (χ0n) is 13.9. The Hall–Kier alpha value is -0.0800. The van der Waals surface area contributed by atoms with Gasteiger partial charge in [-0.25, -0.2) is 0 Å². The molecule has 0 aromatic carbocycles. The highest BCUT2D eigenvalue weighted by Gasteiger charge is 2.42. The molecule has 1 aliphatic carbocycles. The lowest BCUT2D eigenvalue weighted by Crippen LogP contribution is -2.54. The van der Waals surface area contributed by atoms with Crippen LogP contribution < -0.4 is 5.32 Å². The van der Waals surface area contributed by atoms with Crippen LogP contribution in [0.25, 0.3) is 0 Å². The van der Waals surface area contributed by atoms with Gasteiger partial charge in [0.1, 0.15) is 0 Å². The largest absolute Gasteiger partial charge is 0.317 e. The lowest BCUT2D eigenvalue weighted by molar-refractivity contribution is -0.00854. The molecule has 2 rings (SSSR count). The molecule has 1 N–H and O–H groups in total. The summed E-state index contributed by atoms with van der Waals surface area (Å²) in [5.74, 6) is 0. The van der Waals surface area contributed by atoms with Gasteiger partial charge in [0, 0.05) is 24.7 Å². The molecule has 0 bridgehead atoms. The van der Waals surface area contributed by atoms with E-state index < -0.39 is 0 Å². The SMILES string of the molecule is CNC1CCN(C2CC(C)(C)CC(C)(C)C2)C(C)C1. The molecule has 2 aliphatic rings. The van der Waals surface area contributed by atoms with Crippen molar-refractivity contribution in [2.45, 2.75) is 84.8 Å². The fraction of sp³-hybridized carbons (Fsp3) is 1.00. The molecular formula is C17H34N2. The van der Waals surface area contributed by atoms with Gasteiger partial charge < -0.3 is 5.32 Å². The summed E-state index contributed by atoms with van der Waals surface area (Å²) in [6.07, 6.45) is 6.76. The molecule has 0 amide bonds. The maximum atomic E-state index is 3.46. The summed E-state index contributed by atoms with van der Waals surface area (Å²) in [5.41, 5.74) is 1.01. The molecule has 1 heterocycles. The number of piperidine rings is 1. The molecule has 1 saturated carbocycles. The van der Waals surface area contributed by atoms with Crippen LogP contribution >= 0.6 is 0 Å². The summed E-state index contributed by atoms with van der Waals surface area (Å²) in [5, 5.41) is 3.46. The maximum absolute atomic E-state index is 3.46. The van der Waals surface area contributed by atoms with Crippen LogP contribution in [0.1, 0.15) is 66.7 Å². The summed E-state index contributed by atoms with van der Waals surface area (Å²) < 4.78 is 0. The highest BCUT2D eigenvalue weighted by atomic mass is 15.2. The Labute approximate surface area is 120 Å². The van der Waals surface area contributed by atoms with Gasteiger partial charge in [-0.2, -0.15) is 0 Å². The van der Waals surface area contributed by atoms with Crippen molar-refractivity contribution < 1.29 is 0 Å². The van der Waals surface area contributed by atoms with Crippen LogP contribution in [0.2, 0.25) is 0 Å². The second-order valence-electron chi connectivity index (χ2n) is 8.66. The van der Waals surface area contributed by atoms with E-state index in [1.54, 1.807) is 0 Å². The van der Waals surface area contributed by atoms with E-state index in [0.29, 0.717) is 10.8 Å². The van der Waals surface area contributed by atoms with Crippen LogP contribution in [-0.4, -0.2) is 36.6 Å². The average molecular weight is 266 g/mol. The van der Waals surface area contributed by atoms with Crippen LogP contribution in [0.5, 0.6) is 0 Å². The van der Waals surface area contributed by atoms with Crippen LogP contribution in [0.3, 0.4) is 0 Å². The number of hydrogen-bond donors (Lipinski definition) is 1. The molecule has 19 heavy (non-hydrogen) atoms. The predicted octanol–water partition coefficient (Wildman–Crippen LogP) is 3.66. The Morgan fingerprint density at radius 1 is 1.05 bits per heavy atom. The third-order valence-corrected chi connectivity index (χ3v) is 5.34. The summed E-state index contributed by atoms with van der Waals surface area (Å²) >= 11 is 0. The van der Waals surface area contributed by atoms with Crippen LogP contribution in [0, 0.1) is 10.8 Å². The van der Waals surface area contributed by atoms with Gasteiger partial charge in [-0.15, -0.1) is 0 Å². The van der Waals surface area contributed by atoms with Gasteiger partial charge >= 0.3 is 0 Å². The Morgan fingerprint density at radius 2 is 1.63 bits per heavy atom. The summed E-state index contributed by atoms with van der Waals surface area (Å²) in [6.45, 7) is 13.6. The molecule has 0 spiro atoms. The van der Waals surface area contributed by atoms with E-state index in [0.717, 1.165) is 18.1 Å². The Bertz CT molecular complexity index is 292. The van der Waals surface area contributed by atoms with Gasteiger partial charge in [-0.1, -0.05) is 27.7 Å². The number of rotatable bonds is 2. The Kier molecular flexibility index (Phi) is 4.32. The molecule has 2 fully saturated rings. The molecule has 1 saturated heterocycles. The van der Waals surface area contributed by atoms with Gasteiger partial charge in [0.25, 0.3) is 0 Å². The van der Waals surface area contributed by atoms with Crippen molar-refractivity contribution in [1.82, 2.24) is 10.2 Å². The van der Waals surface area contributed by atoms with Crippen molar-refractivity contribution >= 4 is 0 Å². The molecular weight excluding hydrogens is 232 g/mol. The van der Waals surface area contributed by atoms with E-state index in [1.807, 2.05) is 0 Å². The smallest absolute Gasteiger partial charge is 0.0108 e. The van der Waals surface area contributed by atoms with Crippen LogP contribution in [0.15, 0.2) is 0 Å². The van der Waals surface area contributed by atoms with Gasteiger partial charge in [0.15, 0.2) is 0 Å². The van der Waals surface area contributed by atoms with Crippen molar-refractivity contribution in [2.75, 3.05) is 13.6 Å². The third kappa shape index (κ3) is 3.72. The first kappa shape index (κ1) is 15.3. The van der Waals surface area contributed by atoms with Crippen molar-refractivity contribution in [3.05, 3.63) is 0 Å². The number of nitrogens with zero attached hydrogens (tertiary/aromatic N) is 1. The molecule has 2 atom stereocenters. The molecule has 0 aromatic rings. The molecule has 1 aliphatic heterocycles. The Balaban J connectivity index is 2.05. The van der Waals surface area contributed by atoms with Crippen molar-refractivity contribution in [2.24, 2.45) is 10.8 Å². The van der Waals surface area contributed by atoms with Crippen molar-refractivity contribution in [3.63, 3.8) is 0 Å². The summed E-state index contributed by atoms with van der Waals surface area (Å²) in [4.78, 5) is 2.82. The summed E-state index contributed by atoms with van der Waals surface area (Å²) in [7, 11) is 2.11. The minimum atomic E-state index is 0.506. The first-order chi connectivity index (χ1) is 8.72. The summed E-state index contributed by atoms with van der Waals surface area (Å²) in [6, 6.07) is 2.27. The molecule has 0 radical (unpaired) electrons. The third-order valence-electron chi connectivity index (χ3n) is 5.34. The molecule has 2 nitrogen and oxygen atoms in total. The highest BCUT2D eigenvalue weighted by Crippen LogP contribution is 2.47. The van der Waals surface area contributed by atoms with E-state index in [2.05, 4.69) is 51.9 Å². The van der Waals surface area contributed by atoms with E-state index in [9.17, 15) is 0 Å². The van der Waals surface area contributed by atoms with Gasteiger partial charge in [0.2, 0.25) is 0 Å².